The number of hydrogen-bond donors (Lipinski definition) is 1. The van der Waals surface area contributed by atoms with E-state index in [-0.39, 0.29) is 0 Å². The monoisotopic (exact) mass is 228 g/mol. The molecule has 0 radical (unpaired) electrons. The third-order valence-electron chi connectivity index (χ3n) is 3.31. The van der Waals surface area contributed by atoms with Crippen molar-refractivity contribution in [2.45, 2.75) is 31.8 Å². The lowest BCUT2D eigenvalue weighted by Gasteiger charge is -2.22. The molecule has 0 bridgehead atoms. The van der Waals surface area contributed by atoms with Gasteiger partial charge in [-0.15, -0.1) is 0 Å². The van der Waals surface area contributed by atoms with E-state index in [1.807, 2.05) is 24.4 Å². The van der Waals surface area contributed by atoms with E-state index in [0.29, 0.717) is 6.04 Å². The predicted molar refractivity (Wildman–Crippen MR) is 65.5 cm³/mol. The van der Waals surface area contributed by atoms with E-state index in [9.17, 15) is 0 Å². The van der Waals surface area contributed by atoms with Gasteiger partial charge in [0.05, 0.1) is 12.0 Å². The van der Waals surface area contributed by atoms with Crippen molar-refractivity contribution in [1.82, 2.24) is 10.3 Å². The molecule has 17 heavy (non-hydrogen) atoms. The van der Waals surface area contributed by atoms with E-state index in [2.05, 4.69) is 16.4 Å². The summed E-state index contributed by atoms with van der Waals surface area (Å²) >= 11 is 0. The molecule has 1 atom stereocenters. The zero-order valence-electron chi connectivity index (χ0n) is 9.73. The lowest BCUT2D eigenvalue weighted by molar-refractivity contribution is 0.409. The smallest absolute Gasteiger partial charge is 0.108 e. The van der Waals surface area contributed by atoms with E-state index in [1.54, 1.807) is 6.26 Å². The Morgan fingerprint density at radius 1 is 1.35 bits per heavy atom. The van der Waals surface area contributed by atoms with E-state index in [0.717, 1.165) is 24.4 Å². The maximum absolute atomic E-state index is 5.48. The van der Waals surface area contributed by atoms with Crippen molar-refractivity contribution in [3.8, 4) is 0 Å². The van der Waals surface area contributed by atoms with Gasteiger partial charge in [-0.05, 0) is 31.0 Å². The number of rotatable bonds is 3. The minimum Gasteiger partial charge on any atom is -0.469 e. The Balaban J connectivity index is 1.68. The van der Waals surface area contributed by atoms with Crippen LogP contribution in [0.1, 0.15) is 35.9 Å². The van der Waals surface area contributed by atoms with Crippen LogP contribution in [-0.4, -0.2) is 4.98 Å². The van der Waals surface area contributed by atoms with Gasteiger partial charge in [0.25, 0.3) is 0 Å². The highest BCUT2D eigenvalue weighted by Gasteiger charge is 2.21. The second kappa shape index (κ2) is 4.72. The molecule has 3 rings (SSSR count). The molecule has 88 valence electrons. The summed E-state index contributed by atoms with van der Waals surface area (Å²) in [4.78, 5) is 4.32. The first-order chi connectivity index (χ1) is 8.43. The Morgan fingerprint density at radius 2 is 2.35 bits per heavy atom. The largest absolute Gasteiger partial charge is 0.469 e. The molecule has 0 aromatic carbocycles. The Bertz CT molecular complexity index is 478. The standard InChI is InChI=1S/C14H16N2O/c1-2-8-15-11(4-1)10-16-13-5-3-6-14-12(13)7-9-17-14/h1-2,4,7-9,13,16H,3,5-6,10H2. The SMILES string of the molecule is c1ccc(CNC2CCCc3occc32)nc1. The van der Waals surface area contributed by atoms with Crippen LogP contribution in [0.4, 0.5) is 0 Å². The quantitative estimate of drug-likeness (QED) is 0.877. The molecule has 1 unspecified atom stereocenters. The van der Waals surface area contributed by atoms with Crippen molar-refractivity contribution in [3.63, 3.8) is 0 Å². The Labute approximate surface area is 101 Å². The van der Waals surface area contributed by atoms with Gasteiger partial charge in [-0.2, -0.15) is 0 Å². The lowest BCUT2D eigenvalue weighted by Crippen LogP contribution is -2.24. The molecule has 2 aromatic heterocycles. The summed E-state index contributed by atoms with van der Waals surface area (Å²) < 4.78 is 5.48. The summed E-state index contributed by atoms with van der Waals surface area (Å²) in [6.45, 7) is 0.816. The first kappa shape index (κ1) is 10.5. The highest BCUT2D eigenvalue weighted by Crippen LogP contribution is 2.30. The third-order valence-corrected chi connectivity index (χ3v) is 3.31. The first-order valence-corrected chi connectivity index (χ1v) is 6.13. The van der Waals surface area contributed by atoms with Crippen LogP contribution in [0.25, 0.3) is 0 Å². The van der Waals surface area contributed by atoms with Gasteiger partial charge in [-0.25, -0.2) is 0 Å². The van der Waals surface area contributed by atoms with Gasteiger partial charge >= 0.3 is 0 Å². The van der Waals surface area contributed by atoms with Gasteiger partial charge in [-0.1, -0.05) is 6.07 Å². The van der Waals surface area contributed by atoms with Crippen LogP contribution in [0, 0.1) is 0 Å². The van der Waals surface area contributed by atoms with Crippen molar-refractivity contribution < 1.29 is 4.42 Å². The van der Waals surface area contributed by atoms with Crippen LogP contribution in [-0.2, 0) is 13.0 Å². The molecule has 0 fully saturated rings. The summed E-state index contributed by atoms with van der Waals surface area (Å²) in [6, 6.07) is 8.52. The van der Waals surface area contributed by atoms with Crippen molar-refractivity contribution in [2.75, 3.05) is 0 Å². The minimum absolute atomic E-state index is 0.416. The fraction of sp³-hybridized carbons (Fsp3) is 0.357. The molecule has 0 saturated carbocycles. The topological polar surface area (TPSA) is 38.1 Å². The summed E-state index contributed by atoms with van der Waals surface area (Å²) in [6.07, 6.45) is 7.08. The molecular formula is C14H16N2O. The molecule has 3 nitrogen and oxygen atoms in total. The average molecular weight is 228 g/mol. The highest BCUT2D eigenvalue weighted by molar-refractivity contribution is 5.24. The fourth-order valence-corrected chi connectivity index (χ4v) is 2.43. The van der Waals surface area contributed by atoms with Crippen molar-refractivity contribution in [3.05, 3.63) is 53.7 Å². The van der Waals surface area contributed by atoms with E-state index in [4.69, 9.17) is 4.42 Å². The van der Waals surface area contributed by atoms with Crippen LogP contribution in [0.3, 0.4) is 0 Å². The first-order valence-electron chi connectivity index (χ1n) is 6.13. The van der Waals surface area contributed by atoms with Crippen LogP contribution in [0.15, 0.2) is 41.1 Å². The number of furan rings is 1. The molecule has 1 aliphatic rings. The lowest BCUT2D eigenvalue weighted by atomic mass is 9.93. The molecule has 0 spiro atoms. The van der Waals surface area contributed by atoms with Crippen molar-refractivity contribution in [2.24, 2.45) is 0 Å². The Morgan fingerprint density at radius 3 is 3.24 bits per heavy atom. The fourth-order valence-electron chi connectivity index (χ4n) is 2.43. The zero-order chi connectivity index (χ0) is 11.5. The van der Waals surface area contributed by atoms with E-state index in [1.165, 1.54) is 18.4 Å². The molecule has 0 saturated heterocycles. The Kier molecular flexibility index (Phi) is 2.92. The van der Waals surface area contributed by atoms with E-state index >= 15 is 0 Å². The predicted octanol–water partition coefficient (Wildman–Crippen LogP) is 2.84. The van der Waals surface area contributed by atoms with Crippen LogP contribution in [0.5, 0.6) is 0 Å². The maximum atomic E-state index is 5.48. The van der Waals surface area contributed by atoms with Gasteiger partial charge in [0, 0.05) is 30.8 Å². The molecule has 1 N–H and O–H groups in total. The Hall–Kier alpha value is -1.61. The molecule has 3 heteroatoms. The van der Waals surface area contributed by atoms with Crippen LogP contribution in [0.2, 0.25) is 0 Å². The van der Waals surface area contributed by atoms with E-state index < -0.39 is 0 Å². The van der Waals surface area contributed by atoms with Crippen LogP contribution >= 0.6 is 0 Å². The maximum Gasteiger partial charge on any atom is 0.108 e. The number of fused-ring (bicyclic) bond motifs is 1. The number of nitrogens with one attached hydrogen (secondary N) is 1. The summed E-state index contributed by atoms with van der Waals surface area (Å²) in [7, 11) is 0. The van der Waals surface area contributed by atoms with Gasteiger partial charge in [-0.3, -0.25) is 4.98 Å². The summed E-state index contributed by atoms with van der Waals surface area (Å²) in [5.74, 6) is 1.15. The van der Waals surface area contributed by atoms with Crippen LogP contribution < -0.4 is 5.32 Å². The molecule has 1 aliphatic carbocycles. The van der Waals surface area contributed by atoms with Gasteiger partial charge in [0.15, 0.2) is 0 Å². The van der Waals surface area contributed by atoms with Gasteiger partial charge in [0.1, 0.15) is 5.76 Å². The van der Waals surface area contributed by atoms with Gasteiger partial charge < -0.3 is 9.73 Å². The second-order valence-electron chi connectivity index (χ2n) is 4.45. The van der Waals surface area contributed by atoms with Gasteiger partial charge in [0.2, 0.25) is 0 Å². The normalized spacial score (nSPS) is 18.9. The average Bonchev–Trinajstić information content (AvgIpc) is 2.86. The highest BCUT2D eigenvalue weighted by atomic mass is 16.3. The molecule has 2 heterocycles. The molecule has 2 aromatic rings. The number of nitrogens with zero attached hydrogens (tertiary/aromatic N) is 1. The number of pyridine rings is 1. The number of hydrogen-bond acceptors (Lipinski definition) is 3. The minimum atomic E-state index is 0.416. The third kappa shape index (κ3) is 2.24. The second-order valence-corrected chi connectivity index (χ2v) is 4.45. The molecule has 0 aliphatic heterocycles. The number of aryl methyl sites for hydroxylation is 1. The summed E-state index contributed by atoms with van der Waals surface area (Å²) in [5.41, 5.74) is 2.41. The zero-order valence-corrected chi connectivity index (χ0v) is 9.73. The van der Waals surface area contributed by atoms with Crippen molar-refractivity contribution >= 4 is 0 Å². The molecular weight excluding hydrogens is 212 g/mol. The summed E-state index contributed by atoms with van der Waals surface area (Å²) in [5, 5.41) is 3.56. The molecule has 0 amide bonds. The van der Waals surface area contributed by atoms with Crippen molar-refractivity contribution in [1.29, 1.82) is 0 Å². The number of aromatic nitrogens is 1.